The first-order chi connectivity index (χ1) is 7.93. The van der Waals surface area contributed by atoms with Crippen LogP contribution < -0.4 is 0 Å². The van der Waals surface area contributed by atoms with Crippen LogP contribution in [-0.2, 0) is 12.8 Å². The molecule has 76 valence electrons. The summed E-state index contributed by atoms with van der Waals surface area (Å²) in [5.74, 6) is 0. The lowest BCUT2D eigenvalue weighted by atomic mass is 10.0. The predicted molar refractivity (Wildman–Crippen MR) is 66.7 cm³/mol. The van der Waals surface area contributed by atoms with Crippen LogP contribution in [0.4, 0.5) is 0 Å². The van der Waals surface area contributed by atoms with Crippen molar-refractivity contribution < 1.29 is 0 Å². The largest absolute Gasteiger partial charge is 0.256 e. The van der Waals surface area contributed by atoms with Crippen LogP contribution in [0.1, 0.15) is 11.1 Å². The van der Waals surface area contributed by atoms with E-state index in [1.807, 2.05) is 12.3 Å². The summed E-state index contributed by atoms with van der Waals surface area (Å²) < 4.78 is 0. The Morgan fingerprint density at radius 2 is 1.75 bits per heavy atom. The predicted octanol–water partition coefficient (Wildman–Crippen LogP) is 3.49. The third-order valence-corrected chi connectivity index (χ3v) is 3.58. The maximum atomic E-state index is 4.46. The van der Waals surface area contributed by atoms with Crippen molar-refractivity contribution >= 4 is 21.7 Å². The molecule has 4 rings (SSSR count). The van der Waals surface area contributed by atoms with E-state index in [0.29, 0.717) is 0 Å². The van der Waals surface area contributed by atoms with E-state index in [9.17, 15) is 0 Å². The molecule has 0 saturated carbocycles. The number of fused-ring (bicyclic) bond motifs is 2. The first-order valence-corrected chi connectivity index (χ1v) is 5.72. The van der Waals surface area contributed by atoms with E-state index in [2.05, 4.69) is 35.3 Å². The monoisotopic (exact) mass is 205 g/mol. The zero-order valence-electron chi connectivity index (χ0n) is 8.90. The number of hydrogen-bond acceptors (Lipinski definition) is 1. The number of aryl methyl sites for hydroxylation is 2. The fourth-order valence-corrected chi connectivity index (χ4v) is 2.88. The van der Waals surface area contributed by atoms with Gasteiger partial charge in [-0.1, -0.05) is 24.3 Å². The van der Waals surface area contributed by atoms with E-state index in [-0.39, 0.29) is 0 Å². The summed E-state index contributed by atoms with van der Waals surface area (Å²) in [6, 6.07) is 13.1. The van der Waals surface area contributed by atoms with E-state index < -0.39 is 0 Å². The summed E-state index contributed by atoms with van der Waals surface area (Å²) in [6.45, 7) is 0. The topological polar surface area (TPSA) is 12.9 Å². The summed E-state index contributed by atoms with van der Waals surface area (Å²) in [7, 11) is 0. The molecular weight excluding hydrogens is 194 g/mol. The minimum Gasteiger partial charge on any atom is -0.256 e. The van der Waals surface area contributed by atoms with Crippen LogP contribution >= 0.6 is 0 Å². The van der Waals surface area contributed by atoms with E-state index in [4.69, 9.17) is 0 Å². The molecule has 16 heavy (non-hydrogen) atoms. The number of rotatable bonds is 0. The standard InChI is InChI=1S/C15H11N/c1-3-10-6-7-11-9-14-12(5-2-8-16-14)13(4-1)15(10)11/h1-5,8-9H,6-7H2. The minimum absolute atomic E-state index is 1.13. The highest BCUT2D eigenvalue weighted by Crippen LogP contribution is 2.35. The molecule has 0 N–H and O–H groups in total. The Hall–Kier alpha value is -1.89. The molecule has 1 aliphatic rings. The molecule has 0 atom stereocenters. The number of benzene rings is 2. The van der Waals surface area contributed by atoms with Crippen molar-refractivity contribution in [3.8, 4) is 0 Å². The summed E-state index contributed by atoms with van der Waals surface area (Å²) >= 11 is 0. The Balaban J connectivity index is 2.36. The molecule has 1 aliphatic carbocycles. The van der Waals surface area contributed by atoms with Crippen molar-refractivity contribution in [2.24, 2.45) is 0 Å². The van der Waals surface area contributed by atoms with Crippen molar-refractivity contribution in [2.45, 2.75) is 12.8 Å². The lowest BCUT2D eigenvalue weighted by Gasteiger charge is -2.05. The molecule has 0 spiro atoms. The molecule has 3 aromatic rings. The van der Waals surface area contributed by atoms with Gasteiger partial charge in [-0.05, 0) is 46.9 Å². The van der Waals surface area contributed by atoms with Gasteiger partial charge in [-0.15, -0.1) is 0 Å². The second-order valence-electron chi connectivity index (χ2n) is 4.45. The molecule has 1 heterocycles. The molecule has 0 bridgehead atoms. The molecule has 0 aliphatic heterocycles. The molecule has 0 amide bonds. The van der Waals surface area contributed by atoms with Gasteiger partial charge in [0.2, 0.25) is 0 Å². The van der Waals surface area contributed by atoms with Gasteiger partial charge in [0, 0.05) is 11.6 Å². The zero-order valence-corrected chi connectivity index (χ0v) is 8.90. The van der Waals surface area contributed by atoms with Crippen LogP contribution in [0.25, 0.3) is 21.7 Å². The lowest BCUT2D eigenvalue weighted by Crippen LogP contribution is -1.84. The van der Waals surface area contributed by atoms with E-state index in [0.717, 1.165) is 5.52 Å². The Bertz CT molecular complexity index is 713. The third kappa shape index (κ3) is 0.929. The zero-order chi connectivity index (χ0) is 10.5. The van der Waals surface area contributed by atoms with Crippen molar-refractivity contribution in [3.05, 3.63) is 53.7 Å². The first kappa shape index (κ1) is 8.28. The van der Waals surface area contributed by atoms with Gasteiger partial charge >= 0.3 is 0 Å². The molecule has 0 unspecified atom stereocenters. The van der Waals surface area contributed by atoms with E-state index >= 15 is 0 Å². The van der Waals surface area contributed by atoms with Crippen molar-refractivity contribution in [3.63, 3.8) is 0 Å². The maximum absolute atomic E-state index is 4.46. The summed E-state index contributed by atoms with van der Waals surface area (Å²) in [5.41, 5.74) is 4.10. The lowest BCUT2D eigenvalue weighted by molar-refractivity contribution is 1.02. The van der Waals surface area contributed by atoms with Crippen LogP contribution in [0.5, 0.6) is 0 Å². The summed E-state index contributed by atoms with van der Waals surface area (Å²) in [6.07, 6.45) is 4.23. The Kier molecular flexibility index (Phi) is 1.46. The van der Waals surface area contributed by atoms with Gasteiger partial charge in [0.15, 0.2) is 0 Å². The average molecular weight is 205 g/mol. The quantitative estimate of drug-likeness (QED) is 0.512. The molecular formula is C15H11N. The SMILES string of the molecule is c1cnc2cc3c4c(cccc4c2c1)CC3. The first-order valence-electron chi connectivity index (χ1n) is 5.72. The van der Waals surface area contributed by atoms with Gasteiger partial charge in [-0.3, -0.25) is 4.98 Å². The number of pyridine rings is 1. The van der Waals surface area contributed by atoms with Gasteiger partial charge in [-0.25, -0.2) is 0 Å². The Morgan fingerprint density at radius 1 is 0.875 bits per heavy atom. The van der Waals surface area contributed by atoms with Crippen LogP contribution in [0.2, 0.25) is 0 Å². The Morgan fingerprint density at radius 3 is 2.75 bits per heavy atom. The molecule has 0 saturated heterocycles. The second-order valence-corrected chi connectivity index (χ2v) is 4.45. The fourth-order valence-electron chi connectivity index (χ4n) is 2.88. The van der Waals surface area contributed by atoms with Crippen molar-refractivity contribution in [1.82, 2.24) is 4.98 Å². The number of hydrogen-bond donors (Lipinski definition) is 0. The van der Waals surface area contributed by atoms with Gasteiger partial charge in [-0.2, -0.15) is 0 Å². The molecule has 1 aromatic heterocycles. The van der Waals surface area contributed by atoms with Crippen molar-refractivity contribution in [2.75, 3.05) is 0 Å². The molecule has 2 aromatic carbocycles. The fraction of sp³-hybridized carbons (Fsp3) is 0.133. The van der Waals surface area contributed by atoms with E-state index in [1.54, 1.807) is 0 Å². The number of nitrogens with zero attached hydrogens (tertiary/aromatic N) is 1. The van der Waals surface area contributed by atoms with Crippen LogP contribution in [0.15, 0.2) is 42.6 Å². The molecule has 0 fully saturated rings. The van der Waals surface area contributed by atoms with Gasteiger partial charge in [0.1, 0.15) is 0 Å². The summed E-state index contributed by atoms with van der Waals surface area (Å²) in [4.78, 5) is 4.46. The Labute approximate surface area is 93.7 Å². The average Bonchev–Trinajstić information content (AvgIpc) is 2.75. The maximum Gasteiger partial charge on any atom is 0.0711 e. The minimum atomic E-state index is 1.13. The van der Waals surface area contributed by atoms with Gasteiger partial charge in [0.05, 0.1) is 5.52 Å². The number of aromatic nitrogens is 1. The van der Waals surface area contributed by atoms with E-state index in [1.165, 1.54) is 40.1 Å². The third-order valence-electron chi connectivity index (χ3n) is 3.58. The van der Waals surface area contributed by atoms with Crippen molar-refractivity contribution in [1.29, 1.82) is 0 Å². The van der Waals surface area contributed by atoms with Gasteiger partial charge in [0.25, 0.3) is 0 Å². The van der Waals surface area contributed by atoms with Crippen LogP contribution in [-0.4, -0.2) is 4.98 Å². The highest BCUT2D eigenvalue weighted by molar-refractivity contribution is 6.09. The summed E-state index contributed by atoms with van der Waals surface area (Å²) in [5, 5.41) is 4.13. The molecule has 0 radical (unpaired) electrons. The van der Waals surface area contributed by atoms with Crippen LogP contribution in [0, 0.1) is 0 Å². The van der Waals surface area contributed by atoms with Gasteiger partial charge < -0.3 is 0 Å². The molecule has 1 heteroatoms. The highest BCUT2D eigenvalue weighted by Gasteiger charge is 2.15. The second kappa shape index (κ2) is 2.82. The smallest absolute Gasteiger partial charge is 0.0711 e. The normalized spacial score (nSPS) is 13.8. The highest BCUT2D eigenvalue weighted by atomic mass is 14.6. The van der Waals surface area contributed by atoms with Crippen LogP contribution in [0.3, 0.4) is 0 Å². The molecule has 1 nitrogen and oxygen atoms in total.